The van der Waals surface area contributed by atoms with Gasteiger partial charge in [0.1, 0.15) is 0 Å². The first-order chi connectivity index (χ1) is 12.4. The molecule has 0 unspecified atom stereocenters. The van der Waals surface area contributed by atoms with Crippen molar-refractivity contribution in [3.05, 3.63) is 29.3 Å². The Balaban J connectivity index is 1.47. The third-order valence-corrected chi connectivity index (χ3v) is 6.00. The van der Waals surface area contributed by atoms with Crippen molar-refractivity contribution in [1.82, 2.24) is 9.80 Å². The molecule has 2 saturated heterocycles. The highest BCUT2D eigenvalue weighted by Crippen LogP contribution is 2.25. The van der Waals surface area contributed by atoms with Gasteiger partial charge in [-0.2, -0.15) is 0 Å². The van der Waals surface area contributed by atoms with E-state index < -0.39 is 0 Å². The largest absolute Gasteiger partial charge is 0.325 e. The number of aryl methyl sites for hydroxylation is 2. The van der Waals surface area contributed by atoms with Crippen LogP contribution in [0.4, 0.5) is 10.5 Å². The molecule has 2 aliphatic rings. The zero-order valence-electron chi connectivity index (χ0n) is 16.9. The van der Waals surface area contributed by atoms with E-state index in [2.05, 4.69) is 49.2 Å². The number of rotatable bonds is 3. The van der Waals surface area contributed by atoms with Crippen molar-refractivity contribution in [1.29, 1.82) is 0 Å². The number of amides is 2. The molecule has 0 aromatic heterocycles. The Morgan fingerprint density at radius 1 is 1.12 bits per heavy atom. The van der Waals surface area contributed by atoms with Crippen LogP contribution in [0, 0.1) is 31.6 Å². The predicted octanol–water partition coefficient (Wildman–Crippen LogP) is 4.53. The van der Waals surface area contributed by atoms with Gasteiger partial charge in [0.25, 0.3) is 0 Å². The zero-order chi connectivity index (χ0) is 18.7. The minimum absolute atomic E-state index is 0.0531. The summed E-state index contributed by atoms with van der Waals surface area (Å²) in [6.07, 6.45) is 3.62. The Hall–Kier alpha value is -1.55. The number of piperidine rings is 2. The van der Waals surface area contributed by atoms with E-state index in [0.717, 1.165) is 54.9 Å². The van der Waals surface area contributed by atoms with Crippen LogP contribution in [0.2, 0.25) is 0 Å². The van der Waals surface area contributed by atoms with Gasteiger partial charge in [-0.1, -0.05) is 26.0 Å². The lowest BCUT2D eigenvalue weighted by Gasteiger charge is -2.39. The van der Waals surface area contributed by atoms with E-state index in [4.69, 9.17) is 0 Å². The van der Waals surface area contributed by atoms with Crippen molar-refractivity contribution in [2.24, 2.45) is 17.8 Å². The molecule has 1 aromatic carbocycles. The maximum atomic E-state index is 12.6. The first-order valence-electron chi connectivity index (χ1n) is 10.3. The fourth-order valence-electron chi connectivity index (χ4n) is 4.69. The topological polar surface area (TPSA) is 35.6 Å². The van der Waals surface area contributed by atoms with Crippen LogP contribution in [0.5, 0.6) is 0 Å². The van der Waals surface area contributed by atoms with Crippen LogP contribution in [-0.4, -0.2) is 48.6 Å². The molecule has 1 N–H and O–H groups in total. The first kappa shape index (κ1) is 19.2. The smallest absolute Gasteiger partial charge is 0.321 e. The summed E-state index contributed by atoms with van der Waals surface area (Å²) in [4.78, 5) is 17.3. The molecule has 26 heavy (non-hydrogen) atoms. The van der Waals surface area contributed by atoms with E-state index >= 15 is 0 Å². The lowest BCUT2D eigenvalue weighted by atomic mass is 9.89. The van der Waals surface area contributed by atoms with Crippen molar-refractivity contribution in [2.45, 2.75) is 47.0 Å². The van der Waals surface area contributed by atoms with Crippen molar-refractivity contribution < 1.29 is 4.79 Å². The number of hydrogen-bond acceptors (Lipinski definition) is 2. The van der Waals surface area contributed by atoms with Crippen molar-refractivity contribution >= 4 is 11.7 Å². The zero-order valence-corrected chi connectivity index (χ0v) is 16.9. The minimum atomic E-state index is 0.0531. The summed E-state index contributed by atoms with van der Waals surface area (Å²) in [5, 5.41) is 3.11. The average molecular weight is 358 g/mol. The summed E-state index contributed by atoms with van der Waals surface area (Å²) < 4.78 is 0. The Morgan fingerprint density at radius 3 is 2.42 bits per heavy atom. The fraction of sp³-hybridized carbons (Fsp3) is 0.682. The third kappa shape index (κ3) is 5.00. The van der Waals surface area contributed by atoms with E-state index in [1.165, 1.54) is 31.6 Å². The third-order valence-electron chi connectivity index (χ3n) is 6.00. The molecule has 3 rings (SSSR count). The van der Waals surface area contributed by atoms with E-state index in [-0.39, 0.29) is 6.03 Å². The molecule has 0 aliphatic carbocycles. The summed E-state index contributed by atoms with van der Waals surface area (Å²) in [5.41, 5.74) is 3.23. The Bertz CT molecular complexity index is 612. The molecule has 0 bridgehead atoms. The standard InChI is InChI=1S/C22H35N3O/c1-16-5-6-19(4)21(12-16)23-22(26)25-9-7-20(8-10-25)15-24-13-17(2)11-18(3)14-24/h5-6,12,17-18,20H,7-11,13-15H2,1-4H3,(H,23,26)/t17-,18-/m0/s1. The van der Waals surface area contributed by atoms with Crippen LogP contribution in [0.15, 0.2) is 18.2 Å². The molecule has 2 fully saturated rings. The SMILES string of the molecule is Cc1ccc(C)c(NC(=O)N2CCC(CN3C[C@@H](C)C[C@H](C)C3)CC2)c1. The van der Waals surface area contributed by atoms with Gasteiger partial charge in [0.2, 0.25) is 0 Å². The van der Waals surface area contributed by atoms with Gasteiger partial charge in [-0.15, -0.1) is 0 Å². The Labute approximate surface area is 158 Å². The molecule has 2 amide bonds. The summed E-state index contributed by atoms with van der Waals surface area (Å²) in [7, 11) is 0. The van der Waals surface area contributed by atoms with Crippen LogP contribution in [0.25, 0.3) is 0 Å². The molecule has 2 heterocycles. The number of nitrogens with zero attached hydrogens (tertiary/aromatic N) is 2. The average Bonchev–Trinajstić information content (AvgIpc) is 2.58. The van der Waals surface area contributed by atoms with Gasteiger partial charge in [0, 0.05) is 38.4 Å². The van der Waals surface area contributed by atoms with Gasteiger partial charge >= 0.3 is 6.03 Å². The molecule has 4 nitrogen and oxygen atoms in total. The molecule has 0 radical (unpaired) electrons. The number of carbonyl (C=O) groups is 1. The highest BCUT2D eigenvalue weighted by Gasteiger charge is 2.27. The molecule has 2 aliphatic heterocycles. The summed E-state index contributed by atoms with van der Waals surface area (Å²) in [5.74, 6) is 2.38. The van der Waals surface area contributed by atoms with Crippen LogP contribution in [0.1, 0.15) is 44.2 Å². The molecular formula is C22H35N3O. The van der Waals surface area contributed by atoms with E-state index in [9.17, 15) is 4.79 Å². The van der Waals surface area contributed by atoms with Crippen molar-refractivity contribution in [3.8, 4) is 0 Å². The molecule has 0 spiro atoms. The quantitative estimate of drug-likeness (QED) is 0.863. The Morgan fingerprint density at radius 2 is 1.77 bits per heavy atom. The predicted molar refractivity (Wildman–Crippen MR) is 109 cm³/mol. The monoisotopic (exact) mass is 357 g/mol. The second kappa shape index (κ2) is 8.43. The molecule has 144 valence electrons. The molecular weight excluding hydrogens is 322 g/mol. The van der Waals surface area contributed by atoms with Gasteiger partial charge < -0.3 is 15.1 Å². The molecule has 4 heteroatoms. The van der Waals surface area contributed by atoms with Crippen LogP contribution < -0.4 is 5.32 Å². The van der Waals surface area contributed by atoms with Gasteiger partial charge in [-0.25, -0.2) is 4.79 Å². The lowest BCUT2D eigenvalue weighted by Crippen LogP contribution is -2.46. The number of nitrogens with one attached hydrogen (secondary N) is 1. The summed E-state index contributed by atoms with van der Waals surface area (Å²) in [6.45, 7) is 14.3. The van der Waals surface area contributed by atoms with Crippen LogP contribution in [-0.2, 0) is 0 Å². The van der Waals surface area contributed by atoms with Gasteiger partial charge in [0.15, 0.2) is 0 Å². The maximum absolute atomic E-state index is 12.6. The molecule has 1 aromatic rings. The summed E-state index contributed by atoms with van der Waals surface area (Å²) in [6, 6.07) is 6.26. The lowest BCUT2D eigenvalue weighted by molar-refractivity contribution is 0.101. The van der Waals surface area contributed by atoms with Crippen LogP contribution in [0.3, 0.4) is 0 Å². The second-order valence-corrected chi connectivity index (χ2v) is 8.84. The van der Waals surface area contributed by atoms with Crippen LogP contribution >= 0.6 is 0 Å². The fourth-order valence-corrected chi connectivity index (χ4v) is 4.69. The minimum Gasteiger partial charge on any atom is -0.325 e. The number of anilines is 1. The molecule has 2 atom stereocenters. The Kier molecular flexibility index (Phi) is 6.23. The van der Waals surface area contributed by atoms with Crippen molar-refractivity contribution in [2.75, 3.05) is 38.0 Å². The first-order valence-corrected chi connectivity index (χ1v) is 10.3. The number of carbonyl (C=O) groups excluding carboxylic acids is 1. The highest BCUT2D eigenvalue weighted by molar-refractivity contribution is 5.90. The normalized spacial score (nSPS) is 25.3. The van der Waals surface area contributed by atoms with Gasteiger partial charge in [0.05, 0.1) is 0 Å². The van der Waals surface area contributed by atoms with E-state index in [0.29, 0.717) is 0 Å². The summed E-state index contributed by atoms with van der Waals surface area (Å²) >= 11 is 0. The number of urea groups is 1. The van der Waals surface area contributed by atoms with Gasteiger partial charge in [-0.3, -0.25) is 0 Å². The van der Waals surface area contributed by atoms with E-state index in [1.54, 1.807) is 0 Å². The van der Waals surface area contributed by atoms with Crippen molar-refractivity contribution in [3.63, 3.8) is 0 Å². The number of likely N-dealkylation sites (tertiary alicyclic amines) is 2. The number of hydrogen-bond donors (Lipinski definition) is 1. The number of benzene rings is 1. The molecule has 0 saturated carbocycles. The second-order valence-electron chi connectivity index (χ2n) is 8.84. The highest BCUT2D eigenvalue weighted by atomic mass is 16.2. The van der Waals surface area contributed by atoms with Gasteiger partial charge in [-0.05, 0) is 68.1 Å². The maximum Gasteiger partial charge on any atom is 0.321 e. The van der Waals surface area contributed by atoms with E-state index in [1.807, 2.05) is 11.8 Å².